The van der Waals surface area contributed by atoms with Crippen molar-refractivity contribution in [2.75, 3.05) is 6.61 Å². The lowest BCUT2D eigenvalue weighted by Crippen LogP contribution is -2.06. The average Bonchev–Trinajstić information content (AvgIpc) is 2.75. The lowest BCUT2D eigenvalue weighted by Gasteiger charge is -2.14. The van der Waals surface area contributed by atoms with Crippen LogP contribution in [0.5, 0.6) is 0 Å². The number of aliphatic hydroxyl groups is 1. The molecule has 0 bridgehead atoms. The third kappa shape index (κ3) is 2.01. The van der Waals surface area contributed by atoms with Crippen LogP contribution in [0.2, 0.25) is 0 Å². The van der Waals surface area contributed by atoms with Crippen molar-refractivity contribution in [3.8, 4) is 0 Å². The molecule has 2 aliphatic rings. The lowest BCUT2D eigenvalue weighted by atomic mass is 10.7. The highest BCUT2D eigenvalue weighted by Crippen LogP contribution is 2.50. The van der Waals surface area contributed by atoms with E-state index in [4.69, 9.17) is 5.11 Å². The number of rotatable bonds is 2. The first-order valence-corrected chi connectivity index (χ1v) is 7.19. The van der Waals surface area contributed by atoms with E-state index in [2.05, 4.69) is 16.2 Å². The molecular weight excluding hydrogens is 228 g/mol. The molecule has 66 valence electrons. The van der Waals surface area contributed by atoms with Gasteiger partial charge in [-0.05, 0) is 16.2 Å². The summed E-state index contributed by atoms with van der Waals surface area (Å²) in [5.41, 5.74) is 0. The Kier molecular flexibility index (Phi) is 3.42. The van der Waals surface area contributed by atoms with Crippen molar-refractivity contribution in [1.29, 1.82) is 0 Å². The van der Waals surface area contributed by atoms with Crippen molar-refractivity contribution in [2.24, 2.45) is 0 Å². The van der Waals surface area contributed by atoms with Gasteiger partial charge in [-0.3, -0.25) is 0 Å². The molecule has 1 unspecified atom stereocenters. The van der Waals surface area contributed by atoms with E-state index >= 15 is 0 Å². The molecule has 0 amide bonds. The van der Waals surface area contributed by atoms with E-state index in [1.165, 1.54) is 0 Å². The van der Waals surface area contributed by atoms with Gasteiger partial charge in [0.25, 0.3) is 0 Å². The Morgan fingerprint density at radius 2 is 1.92 bits per heavy atom. The summed E-state index contributed by atoms with van der Waals surface area (Å²) >= 11 is 7.39. The first kappa shape index (κ1) is 9.40. The zero-order chi connectivity index (χ0) is 8.39. The van der Waals surface area contributed by atoms with Crippen molar-refractivity contribution in [3.63, 3.8) is 0 Å². The van der Waals surface area contributed by atoms with Crippen molar-refractivity contribution < 1.29 is 5.11 Å². The molecule has 0 spiro atoms. The quantitative estimate of drug-likeness (QED) is 0.793. The van der Waals surface area contributed by atoms with Crippen LogP contribution in [0.15, 0.2) is 21.1 Å². The van der Waals surface area contributed by atoms with Crippen LogP contribution < -0.4 is 0 Å². The van der Waals surface area contributed by atoms with E-state index < -0.39 is 0 Å². The summed E-state index contributed by atoms with van der Waals surface area (Å²) in [5.74, 6) is 0. The van der Waals surface area contributed by atoms with E-state index in [0.717, 1.165) is 4.91 Å². The molecule has 0 aromatic carbocycles. The Hall–Kier alpha value is 0.840. The molecule has 0 aromatic rings. The van der Waals surface area contributed by atoms with Crippen LogP contribution in [0.25, 0.3) is 0 Å². The largest absolute Gasteiger partial charge is 0.391 e. The van der Waals surface area contributed by atoms with Crippen LogP contribution in [-0.2, 0) is 0 Å². The molecule has 2 rings (SSSR count). The molecule has 0 aromatic heterocycles. The fourth-order valence-electron chi connectivity index (χ4n) is 0.921. The molecular formula is C7H8OS4. The Morgan fingerprint density at radius 3 is 2.50 bits per heavy atom. The second-order valence-corrected chi connectivity index (χ2v) is 7.26. The van der Waals surface area contributed by atoms with Gasteiger partial charge in [-0.25, -0.2) is 0 Å². The molecule has 5 heteroatoms. The van der Waals surface area contributed by atoms with E-state index in [1.807, 2.05) is 35.3 Å². The van der Waals surface area contributed by atoms with Crippen molar-refractivity contribution in [2.45, 2.75) is 9.16 Å². The molecule has 1 nitrogen and oxygen atoms in total. The van der Waals surface area contributed by atoms with E-state index in [9.17, 15) is 0 Å². The molecule has 1 atom stereocenters. The molecule has 0 radical (unpaired) electrons. The Bertz CT molecular complexity index is 217. The second kappa shape index (κ2) is 4.37. The molecule has 0 saturated carbocycles. The summed E-state index contributed by atoms with van der Waals surface area (Å²) < 4.78 is 1.21. The number of thioether (sulfide) groups is 4. The van der Waals surface area contributed by atoms with Crippen LogP contribution in [0, 0.1) is 0 Å². The average molecular weight is 236 g/mol. The minimum absolute atomic E-state index is 0.198. The van der Waals surface area contributed by atoms with Gasteiger partial charge in [0, 0.05) is 4.91 Å². The smallest absolute Gasteiger partial charge is 0.0805 e. The fourth-order valence-corrected chi connectivity index (χ4v) is 6.25. The van der Waals surface area contributed by atoms with Gasteiger partial charge in [0.05, 0.1) is 15.8 Å². The standard InChI is InChI=1S/C7H8OS4/c8-3-5-4-11-7(12-5)6-9-1-2-10-6/h1-2,4,6-8H,3H2. The zero-order valence-corrected chi connectivity index (χ0v) is 9.44. The van der Waals surface area contributed by atoms with Crippen LogP contribution in [0.4, 0.5) is 0 Å². The molecule has 12 heavy (non-hydrogen) atoms. The number of hydrogen-bond acceptors (Lipinski definition) is 5. The fraction of sp³-hybridized carbons (Fsp3) is 0.429. The summed E-state index contributed by atoms with van der Waals surface area (Å²) in [5, 5.41) is 15.3. The first-order valence-electron chi connectivity index (χ1n) is 3.48. The van der Waals surface area contributed by atoms with E-state index in [0.29, 0.717) is 9.16 Å². The van der Waals surface area contributed by atoms with Gasteiger partial charge in [0.1, 0.15) is 0 Å². The van der Waals surface area contributed by atoms with Gasteiger partial charge < -0.3 is 5.11 Å². The summed E-state index contributed by atoms with van der Waals surface area (Å²) in [6.45, 7) is 0.198. The molecule has 2 heterocycles. The summed E-state index contributed by atoms with van der Waals surface area (Å²) in [7, 11) is 0. The topological polar surface area (TPSA) is 20.2 Å². The first-order chi connectivity index (χ1) is 5.90. The van der Waals surface area contributed by atoms with Gasteiger partial charge in [0.15, 0.2) is 0 Å². The highest BCUT2D eigenvalue weighted by molar-refractivity contribution is 8.29. The van der Waals surface area contributed by atoms with Crippen molar-refractivity contribution >= 4 is 47.0 Å². The van der Waals surface area contributed by atoms with Gasteiger partial charge in [0.2, 0.25) is 0 Å². The van der Waals surface area contributed by atoms with Gasteiger partial charge >= 0.3 is 0 Å². The SMILES string of the molecule is OCC1=CSC(C2SC=CS2)S1. The van der Waals surface area contributed by atoms with E-state index in [1.54, 1.807) is 11.8 Å². The molecule has 2 aliphatic heterocycles. The number of hydrogen-bond donors (Lipinski definition) is 1. The van der Waals surface area contributed by atoms with Crippen LogP contribution >= 0.6 is 47.0 Å². The van der Waals surface area contributed by atoms with Gasteiger partial charge in [-0.15, -0.1) is 47.0 Å². The Labute approximate surface area is 88.8 Å². The highest BCUT2D eigenvalue weighted by Gasteiger charge is 2.28. The minimum Gasteiger partial charge on any atom is -0.391 e. The van der Waals surface area contributed by atoms with E-state index in [-0.39, 0.29) is 6.61 Å². The third-order valence-electron chi connectivity index (χ3n) is 1.46. The predicted octanol–water partition coefficient (Wildman–Crippen LogP) is 2.90. The summed E-state index contributed by atoms with van der Waals surface area (Å²) in [4.78, 5) is 1.11. The summed E-state index contributed by atoms with van der Waals surface area (Å²) in [6.07, 6.45) is 0. The zero-order valence-electron chi connectivity index (χ0n) is 6.17. The maximum atomic E-state index is 8.89. The third-order valence-corrected chi connectivity index (χ3v) is 7.44. The molecule has 0 saturated heterocycles. The monoisotopic (exact) mass is 236 g/mol. The molecule has 0 fully saturated rings. The van der Waals surface area contributed by atoms with Crippen LogP contribution in [0.1, 0.15) is 0 Å². The molecule has 0 aliphatic carbocycles. The predicted molar refractivity (Wildman–Crippen MR) is 62.2 cm³/mol. The van der Waals surface area contributed by atoms with Crippen LogP contribution in [-0.4, -0.2) is 20.9 Å². The normalized spacial score (nSPS) is 29.8. The lowest BCUT2D eigenvalue weighted by molar-refractivity contribution is 0.340. The maximum absolute atomic E-state index is 8.89. The second-order valence-electron chi connectivity index (χ2n) is 2.28. The maximum Gasteiger partial charge on any atom is 0.0805 e. The van der Waals surface area contributed by atoms with Gasteiger partial charge in [-0.2, -0.15) is 0 Å². The summed E-state index contributed by atoms with van der Waals surface area (Å²) in [6, 6.07) is 0. The highest BCUT2D eigenvalue weighted by atomic mass is 32.2. The number of aliphatic hydroxyl groups excluding tert-OH is 1. The Morgan fingerprint density at radius 1 is 1.17 bits per heavy atom. The van der Waals surface area contributed by atoms with Crippen molar-refractivity contribution in [1.82, 2.24) is 0 Å². The Balaban J connectivity index is 1.86. The van der Waals surface area contributed by atoms with Crippen LogP contribution in [0.3, 0.4) is 0 Å². The minimum atomic E-state index is 0.198. The molecule has 1 N–H and O–H groups in total. The van der Waals surface area contributed by atoms with Gasteiger partial charge in [-0.1, -0.05) is 0 Å². The van der Waals surface area contributed by atoms with Crippen molar-refractivity contribution in [3.05, 3.63) is 21.1 Å².